The molecule has 0 aliphatic rings. The number of ketones is 1. The Morgan fingerprint density at radius 3 is 1.89 bits per heavy atom. The van der Waals surface area contributed by atoms with E-state index in [1.165, 1.54) is 13.8 Å². The molecular weight excluding hydrogens is 480 g/mol. The first-order valence-corrected chi connectivity index (χ1v) is 11.8. The minimum atomic E-state index is -0.530. The molecular formula is C23H44N2O11. The van der Waals surface area contributed by atoms with Gasteiger partial charge in [0.05, 0.1) is 46.2 Å². The van der Waals surface area contributed by atoms with Crippen LogP contribution in [0.3, 0.4) is 0 Å². The predicted molar refractivity (Wildman–Crippen MR) is 130 cm³/mol. The Morgan fingerprint density at radius 1 is 0.722 bits per heavy atom. The lowest BCUT2D eigenvalue weighted by atomic mass is 10.4. The normalized spacial score (nSPS) is 10.3. The van der Waals surface area contributed by atoms with E-state index in [9.17, 15) is 19.2 Å². The third-order valence-corrected chi connectivity index (χ3v) is 3.87. The van der Waals surface area contributed by atoms with Crippen molar-refractivity contribution in [3.63, 3.8) is 0 Å². The molecule has 212 valence electrons. The molecule has 0 aromatic heterocycles. The van der Waals surface area contributed by atoms with Gasteiger partial charge >= 0.3 is 18.0 Å². The number of hydrogen-bond acceptors (Lipinski definition) is 12. The zero-order valence-electron chi connectivity index (χ0n) is 22.3. The maximum Gasteiger partial charge on any atom is 0.407 e. The van der Waals surface area contributed by atoms with E-state index >= 15 is 0 Å². The smallest absolute Gasteiger partial charge is 0.407 e. The van der Waals surface area contributed by atoms with Crippen molar-refractivity contribution in [3.8, 4) is 0 Å². The van der Waals surface area contributed by atoms with Crippen molar-refractivity contribution < 1.29 is 52.3 Å². The summed E-state index contributed by atoms with van der Waals surface area (Å²) in [6.45, 7) is 8.43. The van der Waals surface area contributed by atoms with Crippen molar-refractivity contribution in [3.05, 3.63) is 0 Å². The van der Waals surface area contributed by atoms with E-state index in [4.69, 9.17) is 23.7 Å². The minimum Gasteiger partial charge on any atom is -0.465 e. The maximum absolute atomic E-state index is 11.6. The number of carbonyl (C=O) groups is 4. The van der Waals surface area contributed by atoms with Gasteiger partial charge in [-0.3, -0.25) is 14.5 Å². The quantitative estimate of drug-likeness (QED) is 0.126. The van der Waals surface area contributed by atoms with Crippen LogP contribution in [0.15, 0.2) is 0 Å². The molecule has 0 aromatic carbocycles. The number of alkyl carbamates (subject to hydrolysis) is 1. The van der Waals surface area contributed by atoms with Crippen molar-refractivity contribution >= 4 is 23.8 Å². The largest absolute Gasteiger partial charge is 0.465 e. The van der Waals surface area contributed by atoms with Gasteiger partial charge in [-0.05, 0) is 13.3 Å². The molecule has 0 saturated heterocycles. The van der Waals surface area contributed by atoms with Gasteiger partial charge in [0.2, 0.25) is 0 Å². The summed E-state index contributed by atoms with van der Waals surface area (Å²) in [7, 11) is 3.30. The van der Waals surface area contributed by atoms with E-state index in [0.29, 0.717) is 46.1 Å². The van der Waals surface area contributed by atoms with Crippen LogP contribution in [0.25, 0.3) is 0 Å². The average Bonchev–Trinajstić information content (AvgIpc) is 2.82. The van der Waals surface area contributed by atoms with E-state index in [2.05, 4.69) is 14.8 Å². The Morgan fingerprint density at radius 2 is 1.33 bits per heavy atom. The minimum absolute atomic E-state index is 0.0412. The fourth-order valence-electron chi connectivity index (χ4n) is 2.25. The first-order chi connectivity index (χ1) is 17.3. The molecule has 13 nitrogen and oxygen atoms in total. The van der Waals surface area contributed by atoms with Crippen molar-refractivity contribution in [2.45, 2.75) is 27.2 Å². The molecule has 0 aliphatic heterocycles. The summed E-state index contributed by atoms with van der Waals surface area (Å²) < 4.78 is 34.5. The number of carbonyl (C=O) groups excluding carboxylic acids is 4. The van der Waals surface area contributed by atoms with Crippen LogP contribution in [-0.4, -0.2) is 129 Å². The lowest BCUT2D eigenvalue weighted by Crippen LogP contribution is -2.35. The highest BCUT2D eigenvalue weighted by Crippen LogP contribution is 1.93. The summed E-state index contributed by atoms with van der Waals surface area (Å²) in [5, 5.41) is 2.54. The number of methoxy groups -OCH3 is 2. The third kappa shape index (κ3) is 29.7. The Hall–Kier alpha value is -2.32. The number of nitrogens with zero attached hydrogens (tertiary/aromatic N) is 1. The van der Waals surface area contributed by atoms with Crippen LogP contribution in [0, 0.1) is 0 Å². The Bertz CT molecular complexity index is 572. The van der Waals surface area contributed by atoms with E-state index < -0.39 is 18.0 Å². The fourth-order valence-corrected chi connectivity index (χ4v) is 2.25. The summed E-state index contributed by atoms with van der Waals surface area (Å²) >= 11 is 0. The number of hydrogen-bond donors (Lipinski definition) is 1. The van der Waals surface area contributed by atoms with Crippen LogP contribution in [0.2, 0.25) is 0 Å². The lowest BCUT2D eigenvalue weighted by molar-refractivity contribution is -0.149. The van der Waals surface area contributed by atoms with Gasteiger partial charge in [0, 0.05) is 40.8 Å². The van der Waals surface area contributed by atoms with Crippen molar-refractivity contribution in [2.24, 2.45) is 0 Å². The summed E-state index contributed by atoms with van der Waals surface area (Å²) in [6.07, 6.45) is 0.281. The average molecular weight is 525 g/mol. The SMILES string of the molecule is CCCOC(=O)NCCOCCOCC(=O)OCCN(CCOC(C)=O)CC(C)=O.COCCOC. The summed E-state index contributed by atoms with van der Waals surface area (Å²) in [6, 6.07) is 0. The first-order valence-electron chi connectivity index (χ1n) is 11.8. The number of rotatable bonds is 21. The summed E-state index contributed by atoms with van der Waals surface area (Å²) in [4.78, 5) is 46.6. The Labute approximate surface area is 214 Å². The molecule has 0 heterocycles. The van der Waals surface area contributed by atoms with Gasteiger partial charge < -0.3 is 38.5 Å². The van der Waals surface area contributed by atoms with Gasteiger partial charge in [-0.1, -0.05) is 6.92 Å². The van der Waals surface area contributed by atoms with Crippen molar-refractivity contribution in [1.82, 2.24) is 10.2 Å². The molecule has 0 aliphatic carbocycles. The molecule has 0 aromatic rings. The topological polar surface area (TPSA) is 148 Å². The van der Waals surface area contributed by atoms with E-state index in [1.807, 2.05) is 6.92 Å². The molecule has 1 amide bonds. The summed E-state index contributed by atoms with van der Waals surface area (Å²) in [5.74, 6) is -0.963. The van der Waals surface area contributed by atoms with Gasteiger partial charge in [0.1, 0.15) is 25.6 Å². The number of Topliss-reactive ketones (excluding diaryl/α,β-unsaturated/α-hetero) is 1. The zero-order valence-corrected chi connectivity index (χ0v) is 22.3. The standard InChI is InChI=1S/C19H34N2O9.C4H10O2/c1-4-8-30-19(25)20-5-9-26-12-13-27-15-18(24)29-11-7-21(14-16(2)22)6-10-28-17(3)23;1-5-3-4-6-2/h4-15H2,1-3H3,(H,20,25);3-4H2,1-2H3. The van der Waals surface area contributed by atoms with Gasteiger partial charge in [-0.25, -0.2) is 9.59 Å². The van der Waals surface area contributed by atoms with Gasteiger partial charge in [-0.2, -0.15) is 0 Å². The molecule has 0 spiro atoms. The van der Waals surface area contributed by atoms with Gasteiger partial charge in [-0.15, -0.1) is 0 Å². The van der Waals surface area contributed by atoms with Crippen LogP contribution in [0.1, 0.15) is 27.2 Å². The number of nitrogens with one attached hydrogen (secondary N) is 1. The molecule has 0 rings (SSSR count). The van der Waals surface area contributed by atoms with Crippen molar-refractivity contribution in [1.29, 1.82) is 0 Å². The molecule has 13 heteroatoms. The van der Waals surface area contributed by atoms with Gasteiger partial charge in [0.25, 0.3) is 0 Å². The highest BCUT2D eigenvalue weighted by atomic mass is 16.6. The van der Waals surface area contributed by atoms with Crippen LogP contribution in [0.4, 0.5) is 4.79 Å². The summed E-state index contributed by atoms with van der Waals surface area (Å²) in [5.41, 5.74) is 0. The molecule has 0 radical (unpaired) electrons. The second-order valence-corrected chi connectivity index (χ2v) is 7.25. The third-order valence-electron chi connectivity index (χ3n) is 3.87. The predicted octanol–water partition coefficient (Wildman–Crippen LogP) is 0.432. The maximum atomic E-state index is 11.6. The zero-order chi connectivity index (χ0) is 27.4. The number of esters is 2. The molecule has 36 heavy (non-hydrogen) atoms. The second-order valence-electron chi connectivity index (χ2n) is 7.25. The van der Waals surface area contributed by atoms with Crippen LogP contribution in [-0.2, 0) is 47.5 Å². The Kier molecular flexibility index (Phi) is 27.1. The Balaban J connectivity index is 0. The number of amides is 1. The van der Waals surface area contributed by atoms with Crippen molar-refractivity contribution in [2.75, 3.05) is 99.9 Å². The van der Waals surface area contributed by atoms with Gasteiger partial charge in [0.15, 0.2) is 0 Å². The fraction of sp³-hybridized carbons (Fsp3) is 0.826. The van der Waals surface area contributed by atoms with E-state index in [0.717, 1.165) is 6.42 Å². The van der Waals surface area contributed by atoms with Crippen LogP contribution in [0.5, 0.6) is 0 Å². The van der Waals surface area contributed by atoms with E-state index in [1.54, 1.807) is 19.1 Å². The molecule has 0 atom stereocenters. The van der Waals surface area contributed by atoms with E-state index in [-0.39, 0.29) is 45.4 Å². The molecule has 1 N–H and O–H groups in total. The molecule has 0 unspecified atom stereocenters. The lowest BCUT2D eigenvalue weighted by Gasteiger charge is -2.20. The molecule has 0 saturated carbocycles. The highest BCUT2D eigenvalue weighted by molar-refractivity contribution is 5.77. The van der Waals surface area contributed by atoms with Crippen LogP contribution < -0.4 is 5.32 Å². The molecule has 0 fully saturated rings. The second kappa shape index (κ2) is 27.3. The number of ether oxygens (including phenoxy) is 7. The molecule has 0 bridgehead atoms. The van der Waals surface area contributed by atoms with Crippen LogP contribution >= 0.6 is 0 Å². The highest BCUT2D eigenvalue weighted by Gasteiger charge is 2.10. The first kappa shape index (κ1) is 35.8. The monoisotopic (exact) mass is 524 g/mol.